The smallest absolute Gasteiger partial charge is 0.234 e. The lowest BCUT2D eigenvalue weighted by atomic mass is 10.1. The van der Waals surface area contributed by atoms with Gasteiger partial charge in [-0.2, -0.15) is 5.10 Å². The molecule has 1 fully saturated rings. The Hall–Kier alpha value is -3.12. The normalized spacial score (nSPS) is 14.6. The van der Waals surface area contributed by atoms with Crippen LogP contribution in [0, 0.1) is 13.8 Å². The highest BCUT2D eigenvalue weighted by atomic mass is 16.2. The zero-order valence-corrected chi connectivity index (χ0v) is 18.4. The molecule has 1 aliphatic heterocycles. The second kappa shape index (κ2) is 9.79. The third-order valence-corrected chi connectivity index (χ3v) is 5.89. The molecule has 4 rings (SSSR count). The first kappa shape index (κ1) is 21.1. The number of carbonyl (C=O) groups is 1. The van der Waals surface area contributed by atoms with Crippen molar-refractivity contribution in [3.8, 4) is 5.69 Å². The number of rotatable bonds is 7. The van der Waals surface area contributed by atoms with E-state index in [1.54, 1.807) is 0 Å². The van der Waals surface area contributed by atoms with E-state index in [0.717, 1.165) is 49.7 Å². The molecule has 1 amide bonds. The molecule has 31 heavy (non-hydrogen) atoms. The molecule has 3 aromatic rings. The maximum atomic E-state index is 12.3. The summed E-state index contributed by atoms with van der Waals surface area (Å²) in [7, 11) is 0. The number of benzene rings is 2. The SMILES string of the molecule is Cc1nn(-c2ccccc2)c(C)c1N1CCN(CC(=O)NCCc2ccccc2)CC1. The lowest BCUT2D eigenvalue weighted by Crippen LogP contribution is -2.49. The molecule has 6 heteroatoms. The van der Waals surface area contributed by atoms with E-state index in [0.29, 0.717) is 13.1 Å². The van der Waals surface area contributed by atoms with Gasteiger partial charge in [0.25, 0.3) is 0 Å². The number of para-hydroxylation sites is 1. The summed E-state index contributed by atoms with van der Waals surface area (Å²) >= 11 is 0. The molecular formula is C25H31N5O. The first-order valence-electron chi connectivity index (χ1n) is 11.0. The molecule has 2 heterocycles. The summed E-state index contributed by atoms with van der Waals surface area (Å²) < 4.78 is 2.03. The van der Waals surface area contributed by atoms with Crippen LogP contribution in [-0.4, -0.2) is 59.9 Å². The summed E-state index contributed by atoms with van der Waals surface area (Å²) in [6.07, 6.45) is 0.865. The quantitative estimate of drug-likeness (QED) is 0.642. The van der Waals surface area contributed by atoms with Crippen LogP contribution in [0.4, 0.5) is 5.69 Å². The fourth-order valence-corrected chi connectivity index (χ4v) is 4.29. The maximum absolute atomic E-state index is 12.3. The van der Waals surface area contributed by atoms with Gasteiger partial charge in [0.15, 0.2) is 0 Å². The van der Waals surface area contributed by atoms with Crippen molar-refractivity contribution < 1.29 is 4.79 Å². The summed E-state index contributed by atoms with van der Waals surface area (Å²) in [5, 5.41) is 7.83. The molecule has 1 saturated heterocycles. The molecule has 0 bridgehead atoms. The van der Waals surface area contributed by atoms with E-state index in [4.69, 9.17) is 5.10 Å². The zero-order chi connectivity index (χ0) is 21.6. The average molecular weight is 418 g/mol. The van der Waals surface area contributed by atoms with Crippen LogP contribution in [0.5, 0.6) is 0 Å². The standard InChI is InChI=1S/C25H31N5O/c1-20-25(21(2)30(27-20)23-11-7-4-8-12-23)29-17-15-28(16-18-29)19-24(31)26-14-13-22-9-5-3-6-10-22/h3-12H,13-19H2,1-2H3,(H,26,31). The number of nitrogens with one attached hydrogen (secondary N) is 1. The van der Waals surface area contributed by atoms with Crippen LogP contribution in [0.3, 0.4) is 0 Å². The number of amides is 1. The van der Waals surface area contributed by atoms with Crippen LogP contribution in [0.15, 0.2) is 60.7 Å². The Morgan fingerprint density at radius 1 is 0.935 bits per heavy atom. The lowest BCUT2D eigenvalue weighted by molar-refractivity contribution is -0.122. The summed E-state index contributed by atoms with van der Waals surface area (Å²) in [5.41, 5.74) is 5.76. The van der Waals surface area contributed by atoms with Gasteiger partial charge in [-0.25, -0.2) is 4.68 Å². The van der Waals surface area contributed by atoms with Gasteiger partial charge in [0, 0.05) is 32.7 Å². The van der Waals surface area contributed by atoms with Crippen molar-refractivity contribution in [2.45, 2.75) is 20.3 Å². The Balaban J connectivity index is 1.28. The Morgan fingerprint density at radius 3 is 2.26 bits per heavy atom. The second-order valence-corrected chi connectivity index (χ2v) is 8.12. The number of nitrogens with zero attached hydrogens (tertiary/aromatic N) is 4. The monoisotopic (exact) mass is 417 g/mol. The van der Waals surface area contributed by atoms with Crippen molar-refractivity contribution in [1.29, 1.82) is 0 Å². The topological polar surface area (TPSA) is 53.4 Å². The fourth-order valence-electron chi connectivity index (χ4n) is 4.29. The first-order valence-corrected chi connectivity index (χ1v) is 11.0. The van der Waals surface area contributed by atoms with Crippen molar-refractivity contribution in [2.24, 2.45) is 0 Å². The van der Waals surface area contributed by atoms with Gasteiger partial charge < -0.3 is 10.2 Å². The summed E-state index contributed by atoms with van der Waals surface area (Å²) in [6.45, 7) is 8.91. The highest BCUT2D eigenvalue weighted by Gasteiger charge is 2.24. The van der Waals surface area contributed by atoms with E-state index in [-0.39, 0.29) is 5.91 Å². The first-order chi connectivity index (χ1) is 15.1. The second-order valence-electron chi connectivity index (χ2n) is 8.12. The number of hydrogen-bond acceptors (Lipinski definition) is 4. The van der Waals surface area contributed by atoms with Crippen LogP contribution >= 0.6 is 0 Å². The largest absolute Gasteiger partial charge is 0.366 e. The Labute approximate surface area is 184 Å². The van der Waals surface area contributed by atoms with Crippen molar-refractivity contribution in [3.63, 3.8) is 0 Å². The van der Waals surface area contributed by atoms with Crippen LogP contribution < -0.4 is 10.2 Å². The predicted octanol–water partition coefficient (Wildman–Crippen LogP) is 2.97. The summed E-state index contributed by atoms with van der Waals surface area (Å²) in [6, 6.07) is 20.5. The molecule has 0 radical (unpaired) electrons. The van der Waals surface area contributed by atoms with E-state index < -0.39 is 0 Å². The minimum atomic E-state index is 0.105. The van der Waals surface area contributed by atoms with Gasteiger partial charge in [-0.3, -0.25) is 9.69 Å². The van der Waals surface area contributed by atoms with Crippen LogP contribution in [-0.2, 0) is 11.2 Å². The molecule has 0 atom stereocenters. The highest BCUT2D eigenvalue weighted by molar-refractivity contribution is 5.78. The van der Waals surface area contributed by atoms with Gasteiger partial charge >= 0.3 is 0 Å². The van der Waals surface area contributed by atoms with Crippen molar-refractivity contribution in [3.05, 3.63) is 77.6 Å². The molecule has 0 spiro atoms. The number of hydrogen-bond donors (Lipinski definition) is 1. The fraction of sp³-hybridized carbons (Fsp3) is 0.360. The molecule has 162 valence electrons. The Morgan fingerprint density at radius 2 is 1.58 bits per heavy atom. The minimum Gasteiger partial charge on any atom is -0.366 e. The van der Waals surface area contributed by atoms with Crippen molar-refractivity contribution in [2.75, 3.05) is 44.2 Å². The lowest BCUT2D eigenvalue weighted by Gasteiger charge is -2.35. The zero-order valence-electron chi connectivity index (χ0n) is 18.4. The molecule has 1 N–H and O–H groups in total. The maximum Gasteiger partial charge on any atom is 0.234 e. The van der Waals surface area contributed by atoms with Gasteiger partial charge in [-0.05, 0) is 38.0 Å². The molecule has 0 saturated carbocycles. The van der Waals surface area contributed by atoms with Gasteiger partial charge in [0.2, 0.25) is 5.91 Å². The highest BCUT2D eigenvalue weighted by Crippen LogP contribution is 2.27. The molecule has 1 aromatic heterocycles. The number of piperazine rings is 1. The van der Waals surface area contributed by atoms with Gasteiger partial charge in [-0.1, -0.05) is 48.5 Å². The molecule has 0 aliphatic carbocycles. The minimum absolute atomic E-state index is 0.105. The van der Waals surface area contributed by atoms with E-state index in [9.17, 15) is 4.79 Å². The Bertz CT molecular complexity index is 992. The van der Waals surface area contributed by atoms with E-state index >= 15 is 0 Å². The number of carbonyl (C=O) groups excluding carboxylic acids is 1. The summed E-state index contributed by atoms with van der Waals surface area (Å²) in [4.78, 5) is 17.0. The van der Waals surface area contributed by atoms with Crippen LogP contribution in [0.25, 0.3) is 5.69 Å². The van der Waals surface area contributed by atoms with Crippen LogP contribution in [0.2, 0.25) is 0 Å². The Kier molecular flexibility index (Phi) is 6.67. The molecule has 0 unspecified atom stereocenters. The number of aromatic nitrogens is 2. The molecular weight excluding hydrogens is 386 g/mol. The van der Waals surface area contributed by atoms with E-state index in [1.807, 2.05) is 41.1 Å². The van der Waals surface area contributed by atoms with E-state index in [2.05, 4.69) is 53.2 Å². The molecule has 6 nitrogen and oxygen atoms in total. The van der Waals surface area contributed by atoms with Crippen LogP contribution in [0.1, 0.15) is 17.0 Å². The third-order valence-electron chi connectivity index (χ3n) is 5.89. The summed E-state index contributed by atoms with van der Waals surface area (Å²) in [5.74, 6) is 0.105. The van der Waals surface area contributed by atoms with Crippen molar-refractivity contribution in [1.82, 2.24) is 20.0 Å². The van der Waals surface area contributed by atoms with Gasteiger partial charge in [0.05, 0.1) is 29.3 Å². The molecule has 1 aliphatic rings. The molecule has 2 aromatic carbocycles. The van der Waals surface area contributed by atoms with Gasteiger partial charge in [0.1, 0.15) is 0 Å². The predicted molar refractivity (Wildman–Crippen MR) is 125 cm³/mol. The van der Waals surface area contributed by atoms with E-state index in [1.165, 1.54) is 11.3 Å². The van der Waals surface area contributed by atoms with Gasteiger partial charge in [-0.15, -0.1) is 0 Å². The average Bonchev–Trinajstić information content (AvgIpc) is 3.09. The van der Waals surface area contributed by atoms with Crippen molar-refractivity contribution >= 4 is 11.6 Å². The number of anilines is 1. The third kappa shape index (κ3) is 5.14. The number of aryl methyl sites for hydroxylation is 1.